The third kappa shape index (κ3) is 3.32. The molecule has 0 fully saturated rings. The third-order valence-corrected chi connectivity index (χ3v) is 3.75. The van der Waals surface area contributed by atoms with Crippen LogP contribution in [0.25, 0.3) is 0 Å². The van der Waals surface area contributed by atoms with Gasteiger partial charge in [0.05, 0.1) is 16.8 Å². The van der Waals surface area contributed by atoms with Crippen molar-refractivity contribution in [3.05, 3.63) is 47.5 Å². The predicted molar refractivity (Wildman–Crippen MR) is 89.9 cm³/mol. The Morgan fingerprint density at radius 3 is 2.33 bits per heavy atom. The average Bonchev–Trinajstić information content (AvgIpc) is 2.58. The number of aromatic hydroxyl groups is 2. The quantitative estimate of drug-likeness (QED) is 0.600. The number of carbonyl (C=O) groups excluding carboxylic acids is 2. The Balaban J connectivity index is 2.61. The maximum atomic E-state index is 12.8. The molecule has 0 saturated carbocycles. The van der Waals surface area contributed by atoms with Gasteiger partial charge in [-0.1, -0.05) is 12.1 Å². The van der Waals surface area contributed by atoms with Gasteiger partial charge in [0.25, 0.3) is 6.47 Å². The van der Waals surface area contributed by atoms with Crippen molar-refractivity contribution in [3.63, 3.8) is 0 Å². The summed E-state index contributed by atoms with van der Waals surface area (Å²) in [6, 6.07) is 8.81. The first-order valence-electron chi connectivity index (χ1n) is 7.58. The van der Waals surface area contributed by atoms with E-state index in [2.05, 4.69) is 0 Å². The fourth-order valence-corrected chi connectivity index (χ4v) is 2.51. The molecule has 0 heterocycles. The van der Waals surface area contributed by atoms with Gasteiger partial charge in [0, 0.05) is 19.2 Å². The molecule has 0 aliphatic carbocycles. The molecule has 0 saturated heterocycles. The number of rotatable bonds is 7. The van der Waals surface area contributed by atoms with Gasteiger partial charge in [-0.3, -0.25) is 9.59 Å². The van der Waals surface area contributed by atoms with E-state index in [0.717, 1.165) is 0 Å². The number of phenols is 2. The SMILES string of the molecule is CCN(CC)c1cc(C(=O)c2ccccc2O)c(OC=O)cc1O. The van der Waals surface area contributed by atoms with Crippen LogP contribution in [0.4, 0.5) is 5.69 Å². The number of para-hydroxylation sites is 1. The predicted octanol–water partition coefficient (Wildman–Crippen LogP) is 2.71. The highest BCUT2D eigenvalue weighted by Gasteiger charge is 2.22. The Morgan fingerprint density at radius 1 is 1.08 bits per heavy atom. The molecule has 0 radical (unpaired) electrons. The molecule has 24 heavy (non-hydrogen) atoms. The zero-order chi connectivity index (χ0) is 17.7. The van der Waals surface area contributed by atoms with E-state index in [1.807, 2.05) is 18.7 Å². The zero-order valence-electron chi connectivity index (χ0n) is 13.5. The number of benzene rings is 2. The smallest absolute Gasteiger partial charge is 0.298 e. The molecule has 6 heteroatoms. The maximum Gasteiger partial charge on any atom is 0.298 e. The first-order valence-corrected chi connectivity index (χ1v) is 7.58. The fraction of sp³-hybridized carbons (Fsp3) is 0.222. The van der Waals surface area contributed by atoms with Gasteiger partial charge < -0.3 is 19.8 Å². The lowest BCUT2D eigenvalue weighted by molar-refractivity contribution is -0.120. The minimum atomic E-state index is -0.502. The van der Waals surface area contributed by atoms with Crippen molar-refractivity contribution < 1.29 is 24.5 Å². The van der Waals surface area contributed by atoms with Gasteiger partial charge in [0.1, 0.15) is 17.2 Å². The normalized spacial score (nSPS) is 10.2. The van der Waals surface area contributed by atoms with Crippen molar-refractivity contribution in [2.45, 2.75) is 13.8 Å². The van der Waals surface area contributed by atoms with E-state index in [-0.39, 0.29) is 34.8 Å². The van der Waals surface area contributed by atoms with Crippen molar-refractivity contribution in [3.8, 4) is 17.2 Å². The second kappa shape index (κ2) is 7.50. The Bertz CT molecular complexity index is 753. The summed E-state index contributed by atoms with van der Waals surface area (Å²) in [5.74, 6) is -0.827. The fourth-order valence-electron chi connectivity index (χ4n) is 2.51. The van der Waals surface area contributed by atoms with Gasteiger partial charge in [0.2, 0.25) is 5.78 Å². The number of nitrogens with zero attached hydrogens (tertiary/aromatic N) is 1. The summed E-state index contributed by atoms with van der Waals surface area (Å²) in [6.07, 6.45) is 0. The standard InChI is InChI=1S/C18H19NO5/c1-3-19(4-2)14-9-13(17(24-11-20)10-16(14)22)18(23)12-7-5-6-8-15(12)21/h5-11,21-22H,3-4H2,1-2H3. The maximum absolute atomic E-state index is 12.8. The van der Waals surface area contributed by atoms with Crippen LogP contribution >= 0.6 is 0 Å². The molecule has 2 rings (SSSR count). The summed E-state index contributed by atoms with van der Waals surface area (Å²) in [5, 5.41) is 20.1. The second-order valence-electron chi connectivity index (χ2n) is 5.07. The summed E-state index contributed by atoms with van der Waals surface area (Å²) in [6.45, 7) is 5.28. The van der Waals surface area contributed by atoms with Crippen molar-refractivity contribution in [2.24, 2.45) is 0 Å². The molecule has 2 aromatic carbocycles. The van der Waals surface area contributed by atoms with Crippen LogP contribution in [0.3, 0.4) is 0 Å². The van der Waals surface area contributed by atoms with Crippen LogP contribution in [-0.2, 0) is 4.79 Å². The van der Waals surface area contributed by atoms with E-state index < -0.39 is 5.78 Å². The van der Waals surface area contributed by atoms with E-state index in [9.17, 15) is 19.8 Å². The summed E-state index contributed by atoms with van der Waals surface area (Å²) < 4.78 is 4.84. The number of anilines is 1. The van der Waals surface area contributed by atoms with Crippen LogP contribution in [0, 0.1) is 0 Å². The minimum Gasteiger partial charge on any atom is -0.507 e. The number of hydrogen-bond acceptors (Lipinski definition) is 6. The number of hydrogen-bond donors (Lipinski definition) is 2. The van der Waals surface area contributed by atoms with E-state index in [4.69, 9.17) is 4.74 Å². The van der Waals surface area contributed by atoms with Crippen molar-refractivity contribution >= 4 is 17.9 Å². The van der Waals surface area contributed by atoms with E-state index >= 15 is 0 Å². The van der Waals surface area contributed by atoms with Gasteiger partial charge in [-0.25, -0.2) is 0 Å². The summed E-state index contributed by atoms with van der Waals surface area (Å²) in [5.41, 5.74) is 0.629. The lowest BCUT2D eigenvalue weighted by Gasteiger charge is -2.23. The van der Waals surface area contributed by atoms with Gasteiger partial charge in [0.15, 0.2) is 0 Å². The number of phenolic OH excluding ortho intramolecular Hbond substituents is 2. The molecule has 0 unspecified atom stereocenters. The van der Waals surface area contributed by atoms with Crippen molar-refractivity contribution in [1.29, 1.82) is 0 Å². The summed E-state index contributed by atoms with van der Waals surface area (Å²) >= 11 is 0. The molecule has 0 aliphatic rings. The molecular formula is C18H19NO5. The van der Waals surface area contributed by atoms with Crippen LogP contribution in [0.5, 0.6) is 17.2 Å². The third-order valence-electron chi connectivity index (χ3n) is 3.75. The Kier molecular flexibility index (Phi) is 5.42. The van der Waals surface area contributed by atoms with Gasteiger partial charge in [-0.2, -0.15) is 0 Å². The molecule has 0 aliphatic heterocycles. The van der Waals surface area contributed by atoms with Gasteiger partial charge in [-0.15, -0.1) is 0 Å². The number of ketones is 1. The highest BCUT2D eigenvalue weighted by atomic mass is 16.5. The number of ether oxygens (including phenoxy) is 1. The lowest BCUT2D eigenvalue weighted by Crippen LogP contribution is -2.22. The molecule has 0 amide bonds. The van der Waals surface area contributed by atoms with E-state index in [1.165, 1.54) is 24.3 Å². The molecule has 6 nitrogen and oxygen atoms in total. The first kappa shape index (κ1) is 17.3. The monoisotopic (exact) mass is 329 g/mol. The Hall–Kier alpha value is -3.02. The Morgan fingerprint density at radius 2 is 1.75 bits per heavy atom. The van der Waals surface area contributed by atoms with Crippen LogP contribution < -0.4 is 9.64 Å². The minimum absolute atomic E-state index is 0.0633. The highest BCUT2D eigenvalue weighted by molar-refractivity contribution is 6.13. The first-order chi connectivity index (χ1) is 11.5. The zero-order valence-corrected chi connectivity index (χ0v) is 13.5. The molecule has 0 spiro atoms. The topological polar surface area (TPSA) is 87.1 Å². The van der Waals surface area contributed by atoms with Crippen LogP contribution in [0.15, 0.2) is 36.4 Å². The number of carbonyl (C=O) groups is 2. The van der Waals surface area contributed by atoms with Gasteiger partial charge >= 0.3 is 0 Å². The average molecular weight is 329 g/mol. The van der Waals surface area contributed by atoms with Crippen LogP contribution in [0.2, 0.25) is 0 Å². The Labute approximate surface area is 139 Å². The van der Waals surface area contributed by atoms with Crippen LogP contribution in [-0.4, -0.2) is 35.6 Å². The molecule has 0 aromatic heterocycles. The second-order valence-corrected chi connectivity index (χ2v) is 5.07. The summed E-state index contributed by atoms with van der Waals surface area (Å²) in [7, 11) is 0. The van der Waals surface area contributed by atoms with E-state index in [1.54, 1.807) is 12.1 Å². The highest BCUT2D eigenvalue weighted by Crippen LogP contribution is 2.36. The molecule has 2 N–H and O–H groups in total. The van der Waals surface area contributed by atoms with Gasteiger partial charge in [-0.05, 0) is 32.0 Å². The molecule has 126 valence electrons. The molecular weight excluding hydrogens is 310 g/mol. The lowest BCUT2D eigenvalue weighted by atomic mass is 10.00. The van der Waals surface area contributed by atoms with Crippen molar-refractivity contribution in [1.82, 2.24) is 0 Å². The molecule has 0 bridgehead atoms. The largest absolute Gasteiger partial charge is 0.507 e. The van der Waals surface area contributed by atoms with Crippen molar-refractivity contribution in [2.75, 3.05) is 18.0 Å². The summed E-state index contributed by atoms with van der Waals surface area (Å²) in [4.78, 5) is 25.4. The van der Waals surface area contributed by atoms with E-state index in [0.29, 0.717) is 18.8 Å². The van der Waals surface area contributed by atoms with Crippen LogP contribution in [0.1, 0.15) is 29.8 Å². The molecule has 2 aromatic rings. The molecule has 0 atom stereocenters.